The largest absolute Gasteiger partial charge is 0.346 e. The number of hydrogen-bond acceptors (Lipinski definition) is 6. The predicted molar refractivity (Wildman–Crippen MR) is 116 cm³/mol. The number of carbonyl (C=O) groups is 1. The number of likely N-dealkylation sites (tertiary alicyclic amines) is 1. The first-order chi connectivity index (χ1) is 14.7. The summed E-state index contributed by atoms with van der Waals surface area (Å²) >= 11 is 1.35. The van der Waals surface area contributed by atoms with Gasteiger partial charge >= 0.3 is 6.03 Å². The third-order valence-corrected chi connectivity index (χ3v) is 7.36. The van der Waals surface area contributed by atoms with Crippen molar-refractivity contribution in [3.8, 4) is 0 Å². The standard InChI is InChI=1S/C21H27N7OS/c1-13(6-18-17-4-5-22-19(17)24-11-23-18)2-3-14-7-15-9-28(10-16(15)8-14)21(29)26-20-27-25-12-30-20/h4-5,11-16H,2-3,6-10H2,1H3,(H,22,23,24)(H,26,27,29). The minimum atomic E-state index is -0.0350. The molecule has 2 aliphatic rings. The molecule has 2 fully saturated rings. The summed E-state index contributed by atoms with van der Waals surface area (Å²) in [4.78, 5) is 26.3. The van der Waals surface area contributed by atoms with Crippen LogP contribution in [-0.4, -0.2) is 49.2 Å². The summed E-state index contributed by atoms with van der Waals surface area (Å²) in [6.07, 6.45) is 9.57. The number of hydrogen-bond donors (Lipinski definition) is 2. The monoisotopic (exact) mass is 425 g/mol. The molecule has 3 atom stereocenters. The Bertz CT molecular complexity index is 990. The van der Waals surface area contributed by atoms with Crippen molar-refractivity contribution in [2.24, 2.45) is 23.7 Å². The van der Waals surface area contributed by atoms with Crippen LogP contribution in [-0.2, 0) is 6.42 Å². The van der Waals surface area contributed by atoms with Crippen molar-refractivity contribution in [3.05, 3.63) is 29.8 Å². The van der Waals surface area contributed by atoms with E-state index in [9.17, 15) is 4.79 Å². The zero-order valence-corrected chi connectivity index (χ0v) is 17.9. The van der Waals surface area contributed by atoms with E-state index in [1.807, 2.05) is 11.1 Å². The molecule has 0 radical (unpaired) electrons. The molecule has 2 amide bonds. The molecule has 0 spiro atoms. The van der Waals surface area contributed by atoms with Gasteiger partial charge in [-0.15, -0.1) is 10.2 Å². The molecule has 0 aromatic carbocycles. The molecule has 9 heteroatoms. The van der Waals surface area contributed by atoms with Gasteiger partial charge in [0, 0.05) is 24.7 Å². The van der Waals surface area contributed by atoms with E-state index < -0.39 is 0 Å². The Balaban J connectivity index is 1.08. The first-order valence-corrected chi connectivity index (χ1v) is 11.6. The van der Waals surface area contributed by atoms with Gasteiger partial charge in [-0.25, -0.2) is 14.8 Å². The molecule has 3 aromatic heterocycles. The van der Waals surface area contributed by atoms with E-state index in [-0.39, 0.29) is 6.03 Å². The van der Waals surface area contributed by atoms with Crippen molar-refractivity contribution in [1.82, 2.24) is 30.0 Å². The molecule has 5 rings (SSSR count). The van der Waals surface area contributed by atoms with E-state index >= 15 is 0 Å². The molecule has 3 unspecified atom stereocenters. The van der Waals surface area contributed by atoms with Gasteiger partial charge in [0.15, 0.2) is 0 Å². The zero-order valence-electron chi connectivity index (χ0n) is 17.1. The van der Waals surface area contributed by atoms with Gasteiger partial charge < -0.3 is 9.88 Å². The van der Waals surface area contributed by atoms with Gasteiger partial charge in [0.2, 0.25) is 5.13 Å². The molecule has 1 aliphatic heterocycles. The van der Waals surface area contributed by atoms with E-state index in [0.29, 0.717) is 22.9 Å². The summed E-state index contributed by atoms with van der Waals surface area (Å²) in [5, 5.41) is 12.2. The molecule has 2 N–H and O–H groups in total. The van der Waals surface area contributed by atoms with E-state index in [1.165, 1.54) is 37.0 Å². The van der Waals surface area contributed by atoms with Crippen LogP contribution in [0.15, 0.2) is 24.1 Å². The molecule has 8 nitrogen and oxygen atoms in total. The number of nitrogens with one attached hydrogen (secondary N) is 2. The topological polar surface area (TPSA) is 99.7 Å². The lowest BCUT2D eigenvalue weighted by atomic mass is 9.91. The Hall–Kier alpha value is -2.55. The summed E-state index contributed by atoms with van der Waals surface area (Å²) in [5.41, 5.74) is 3.70. The van der Waals surface area contributed by atoms with E-state index in [4.69, 9.17) is 0 Å². The number of nitrogens with zero attached hydrogens (tertiary/aromatic N) is 5. The van der Waals surface area contributed by atoms with Crippen LogP contribution in [0.2, 0.25) is 0 Å². The average molecular weight is 426 g/mol. The molecule has 1 aliphatic carbocycles. The summed E-state index contributed by atoms with van der Waals surface area (Å²) in [5.74, 6) is 2.68. The van der Waals surface area contributed by atoms with Crippen molar-refractivity contribution in [2.45, 2.75) is 39.0 Å². The minimum Gasteiger partial charge on any atom is -0.346 e. The van der Waals surface area contributed by atoms with Gasteiger partial charge in [0.25, 0.3) is 0 Å². The van der Waals surface area contributed by atoms with Crippen molar-refractivity contribution < 1.29 is 4.79 Å². The Labute approximate surface area is 179 Å². The maximum absolute atomic E-state index is 12.4. The Morgan fingerprint density at radius 1 is 1.33 bits per heavy atom. The van der Waals surface area contributed by atoms with Crippen LogP contribution in [0.25, 0.3) is 11.0 Å². The van der Waals surface area contributed by atoms with Crippen LogP contribution in [0.3, 0.4) is 0 Å². The number of carbonyl (C=O) groups excluding carboxylic acids is 1. The number of H-pyrrole nitrogens is 1. The van der Waals surface area contributed by atoms with Crippen molar-refractivity contribution in [1.29, 1.82) is 0 Å². The molecular formula is C21H27N7OS. The fraction of sp³-hybridized carbons (Fsp3) is 0.571. The minimum absolute atomic E-state index is 0.0350. The Kier molecular flexibility index (Phi) is 5.37. The molecule has 1 saturated carbocycles. The first kappa shape index (κ1) is 19.4. The number of aromatic nitrogens is 5. The third-order valence-electron chi connectivity index (χ3n) is 6.76. The summed E-state index contributed by atoms with van der Waals surface area (Å²) in [6.45, 7) is 4.07. The first-order valence-electron chi connectivity index (χ1n) is 10.7. The van der Waals surface area contributed by atoms with Crippen LogP contribution in [0, 0.1) is 23.7 Å². The van der Waals surface area contributed by atoms with Crippen LogP contribution in [0.1, 0.15) is 38.3 Å². The lowest BCUT2D eigenvalue weighted by Gasteiger charge is -2.20. The molecular weight excluding hydrogens is 398 g/mol. The molecule has 4 heterocycles. The van der Waals surface area contributed by atoms with Crippen LogP contribution >= 0.6 is 11.3 Å². The van der Waals surface area contributed by atoms with Crippen LogP contribution in [0.5, 0.6) is 0 Å². The highest BCUT2D eigenvalue weighted by Crippen LogP contribution is 2.43. The fourth-order valence-electron chi connectivity index (χ4n) is 5.27. The lowest BCUT2D eigenvalue weighted by molar-refractivity contribution is 0.216. The van der Waals surface area contributed by atoms with E-state index in [2.05, 4.69) is 43.5 Å². The quantitative estimate of drug-likeness (QED) is 0.623. The number of rotatable bonds is 6. The van der Waals surface area contributed by atoms with Gasteiger partial charge in [0.05, 0.1) is 5.69 Å². The average Bonchev–Trinajstić information content (AvgIpc) is 3.49. The molecule has 30 heavy (non-hydrogen) atoms. The summed E-state index contributed by atoms with van der Waals surface area (Å²) < 4.78 is 0. The molecule has 1 saturated heterocycles. The van der Waals surface area contributed by atoms with Gasteiger partial charge in [0.1, 0.15) is 17.5 Å². The molecule has 3 aromatic rings. The number of aromatic amines is 1. The number of amides is 2. The van der Waals surface area contributed by atoms with E-state index in [1.54, 1.807) is 11.8 Å². The van der Waals surface area contributed by atoms with Gasteiger partial charge in [-0.05, 0) is 49.0 Å². The van der Waals surface area contributed by atoms with Crippen molar-refractivity contribution in [2.75, 3.05) is 18.4 Å². The van der Waals surface area contributed by atoms with Crippen LogP contribution < -0.4 is 5.32 Å². The maximum atomic E-state index is 12.4. The highest BCUT2D eigenvalue weighted by molar-refractivity contribution is 7.13. The van der Waals surface area contributed by atoms with Crippen molar-refractivity contribution >= 4 is 33.5 Å². The Morgan fingerprint density at radius 3 is 2.93 bits per heavy atom. The van der Waals surface area contributed by atoms with E-state index in [0.717, 1.165) is 42.2 Å². The zero-order chi connectivity index (χ0) is 20.5. The molecule has 158 valence electrons. The smallest absolute Gasteiger partial charge is 0.323 e. The second-order valence-electron chi connectivity index (χ2n) is 8.88. The lowest BCUT2D eigenvalue weighted by Crippen LogP contribution is -2.34. The second kappa shape index (κ2) is 8.29. The Morgan fingerprint density at radius 2 is 2.17 bits per heavy atom. The number of anilines is 1. The third kappa shape index (κ3) is 4.03. The fourth-order valence-corrected chi connectivity index (χ4v) is 5.70. The second-order valence-corrected chi connectivity index (χ2v) is 9.72. The highest BCUT2D eigenvalue weighted by Gasteiger charge is 2.42. The normalized spacial score (nSPS) is 24.3. The summed E-state index contributed by atoms with van der Waals surface area (Å²) in [7, 11) is 0. The highest BCUT2D eigenvalue weighted by atomic mass is 32.1. The van der Waals surface area contributed by atoms with Gasteiger partial charge in [-0.1, -0.05) is 31.1 Å². The number of urea groups is 1. The van der Waals surface area contributed by atoms with Gasteiger partial charge in [-0.2, -0.15) is 0 Å². The predicted octanol–water partition coefficient (Wildman–Crippen LogP) is 3.96. The molecule has 0 bridgehead atoms. The van der Waals surface area contributed by atoms with Gasteiger partial charge in [-0.3, -0.25) is 5.32 Å². The number of fused-ring (bicyclic) bond motifs is 2. The maximum Gasteiger partial charge on any atom is 0.323 e. The SMILES string of the molecule is CC(CCC1CC2CN(C(=O)Nc3nncs3)CC2C1)Cc1ncnc2[nH]ccc12. The summed E-state index contributed by atoms with van der Waals surface area (Å²) in [6, 6.07) is 2.04. The van der Waals surface area contributed by atoms with Crippen molar-refractivity contribution in [3.63, 3.8) is 0 Å². The van der Waals surface area contributed by atoms with Crippen LogP contribution in [0.4, 0.5) is 9.93 Å².